The summed E-state index contributed by atoms with van der Waals surface area (Å²) in [5.41, 5.74) is 2.96. The molecule has 1 aromatic heterocycles. The van der Waals surface area contributed by atoms with Gasteiger partial charge in [0.2, 0.25) is 0 Å². The Labute approximate surface area is 174 Å². The molecule has 0 aliphatic heterocycles. The third kappa shape index (κ3) is 3.34. The Morgan fingerprint density at radius 2 is 2.10 bits per heavy atom. The van der Waals surface area contributed by atoms with Crippen LogP contribution in [0.15, 0.2) is 30.6 Å². The van der Waals surface area contributed by atoms with Crippen LogP contribution in [0.3, 0.4) is 0 Å². The fourth-order valence-electron chi connectivity index (χ4n) is 7.32. The van der Waals surface area contributed by atoms with Crippen LogP contribution in [0.25, 0.3) is 5.57 Å². The first-order chi connectivity index (χ1) is 13.9. The lowest BCUT2D eigenvalue weighted by atomic mass is 9.46. The average molecular weight is 398 g/mol. The van der Waals surface area contributed by atoms with E-state index in [0.29, 0.717) is 30.1 Å². The fourth-order valence-corrected chi connectivity index (χ4v) is 7.32. The van der Waals surface area contributed by atoms with Crippen LogP contribution in [0.1, 0.15) is 64.4 Å². The summed E-state index contributed by atoms with van der Waals surface area (Å²) in [6.07, 6.45) is 13.3. The predicted molar refractivity (Wildman–Crippen MR) is 114 cm³/mol. The summed E-state index contributed by atoms with van der Waals surface area (Å²) in [6.45, 7) is 4.99. The highest BCUT2D eigenvalue weighted by Gasteiger charge is 2.57. The van der Waals surface area contributed by atoms with Crippen LogP contribution < -0.4 is 0 Å². The van der Waals surface area contributed by atoms with Gasteiger partial charge in [0, 0.05) is 25.4 Å². The molecule has 158 valence electrons. The number of aliphatic hydroxyl groups excluding tert-OH is 1. The molecule has 4 heteroatoms. The molecule has 1 unspecified atom stereocenters. The number of ether oxygens (including phenoxy) is 1. The number of rotatable bonds is 5. The van der Waals surface area contributed by atoms with Crippen LogP contribution in [-0.4, -0.2) is 29.8 Å². The molecule has 0 radical (unpaired) electrons. The summed E-state index contributed by atoms with van der Waals surface area (Å²) in [5, 5.41) is 9.88. The molecular formula is C25H35NO3. The highest BCUT2D eigenvalue weighted by Crippen LogP contribution is 2.66. The van der Waals surface area contributed by atoms with Gasteiger partial charge in [-0.25, -0.2) is 0 Å². The summed E-state index contributed by atoms with van der Waals surface area (Å²) < 4.78 is 4.99. The Morgan fingerprint density at radius 3 is 2.79 bits per heavy atom. The first-order valence-electron chi connectivity index (χ1n) is 11.2. The Bertz CT molecular complexity index is 776. The number of esters is 1. The molecule has 29 heavy (non-hydrogen) atoms. The van der Waals surface area contributed by atoms with E-state index in [1.165, 1.54) is 37.5 Å². The zero-order valence-electron chi connectivity index (χ0n) is 18.1. The van der Waals surface area contributed by atoms with Gasteiger partial charge in [-0.3, -0.25) is 9.78 Å². The molecule has 1 aromatic rings. The Kier molecular flexibility index (Phi) is 5.58. The number of carbonyl (C=O) groups is 1. The number of hydrogen-bond acceptors (Lipinski definition) is 4. The van der Waals surface area contributed by atoms with Gasteiger partial charge in [-0.05, 0) is 90.2 Å². The van der Waals surface area contributed by atoms with Gasteiger partial charge in [0.15, 0.2) is 0 Å². The van der Waals surface area contributed by atoms with Gasteiger partial charge >= 0.3 is 5.97 Å². The van der Waals surface area contributed by atoms with Crippen molar-refractivity contribution in [2.75, 3.05) is 13.7 Å². The molecular weight excluding hydrogens is 362 g/mol. The molecule has 0 bridgehead atoms. The lowest BCUT2D eigenvalue weighted by Crippen LogP contribution is -2.52. The quantitative estimate of drug-likeness (QED) is 0.720. The minimum atomic E-state index is -0.111. The third-order valence-corrected chi connectivity index (χ3v) is 8.91. The number of fused-ring (bicyclic) bond motifs is 3. The molecule has 2 saturated carbocycles. The van der Waals surface area contributed by atoms with Crippen LogP contribution in [0.4, 0.5) is 0 Å². The van der Waals surface area contributed by atoms with Crippen molar-refractivity contribution in [2.45, 2.75) is 58.8 Å². The molecule has 1 N–H and O–H groups in total. The summed E-state index contributed by atoms with van der Waals surface area (Å²) >= 11 is 0. The fraction of sp³-hybridized carbons (Fsp3) is 0.680. The maximum atomic E-state index is 12.1. The van der Waals surface area contributed by atoms with Gasteiger partial charge in [-0.15, -0.1) is 0 Å². The normalized spacial score (nSPS) is 38.7. The largest absolute Gasteiger partial charge is 0.469 e. The van der Waals surface area contributed by atoms with Gasteiger partial charge in [-0.1, -0.05) is 26.0 Å². The zero-order chi connectivity index (χ0) is 20.6. The summed E-state index contributed by atoms with van der Waals surface area (Å²) in [5.74, 6) is 2.07. The minimum Gasteiger partial charge on any atom is -0.469 e. The van der Waals surface area contributed by atoms with E-state index >= 15 is 0 Å². The van der Waals surface area contributed by atoms with Crippen molar-refractivity contribution in [1.29, 1.82) is 0 Å². The maximum absolute atomic E-state index is 12.1. The smallest absolute Gasteiger partial charge is 0.305 e. The van der Waals surface area contributed by atoms with Crippen LogP contribution in [-0.2, 0) is 9.53 Å². The van der Waals surface area contributed by atoms with E-state index in [9.17, 15) is 9.90 Å². The second kappa shape index (κ2) is 7.86. The number of carbonyl (C=O) groups excluding carboxylic acids is 1. The van der Waals surface area contributed by atoms with Gasteiger partial charge in [-0.2, -0.15) is 0 Å². The highest BCUT2D eigenvalue weighted by atomic mass is 16.5. The maximum Gasteiger partial charge on any atom is 0.305 e. The standard InChI is InChI=1S/C25H35NO3/c1-24(12-14-27)18(15-23(28)29-3)6-7-19-21-9-8-20(17-5-4-13-26-16-17)25(21,2)11-10-22(19)24/h4-5,8,13,16,18-19,21-22,27H,6-7,9-12,14-15H2,1-3H3/t18-,19?,21-,22-,24-,25+/m0/s1. The predicted octanol–water partition coefficient (Wildman–Crippen LogP) is 4.88. The van der Waals surface area contributed by atoms with Crippen molar-refractivity contribution >= 4 is 11.5 Å². The molecule has 0 aromatic carbocycles. The second-order valence-corrected chi connectivity index (χ2v) is 9.96. The molecule has 0 saturated heterocycles. The van der Waals surface area contributed by atoms with Crippen LogP contribution >= 0.6 is 0 Å². The number of aromatic nitrogens is 1. The van der Waals surface area contributed by atoms with E-state index in [4.69, 9.17) is 4.74 Å². The number of aliphatic hydroxyl groups is 1. The van der Waals surface area contributed by atoms with Crippen molar-refractivity contribution in [1.82, 2.24) is 4.98 Å². The molecule has 3 aliphatic rings. The molecule has 4 rings (SSSR count). The van der Waals surface area contributed by atoms with Crippen LogP contribution in [0, 0.1) is 34.5 Å². The van der Waals surface area contributed by atoms with Gasteiger partial charge in [0.1, 0.15) is 0 Å². The molecule has 4 nitrogen and oxygen atoms in total. The first-order valence-corrected chi connectivity index (χ1v) is 11.2. The van der Waals surface area contributed by atoms with Crippen molar-refractivity contribution in [3.8, 4) is 0 Å². The monoisotopic (exact) mass is 397 g/mol. The Balaban J connectivity index is 1.61. The van der Waals surface area contributed by atoms with Crippen molar-refractivity contribution < 1.29 is 14.6 Å². The first kappa shape index (κ1) is 20.6. The van der Waals surface area contributed by atoms with E-state index in [1.807, 2.05) is 18.5 Å². The number of pyridine rings is 1. The number of hydrogen-bond donors (Lipinski definition) is 1. The van der Waals surface area contributed by atoms with Gasteiger partial charge in [0.25, 0.3) is 0 Å². The van der Waals surface area contributed by atoms with Crippen molar-refractivity contribution in [3.63, 3.8) is 0 Å². The third-order valence-electron chi connectivity index (χ3n) is 8.91. The Hall–Kier alpha value is -1.68. The van der Waals surface area contributed by atoms with Crippen molar-refractivity contribution in [3.05, 3.63) is 36.2 Å². The molecule has 3 aliphatic carbocycles. The highest BCUT2D eigenvalue weighted by molar-refractivity contribution is 5.72. The Morgan fingerprint density at radius 1 is 1.28 bits per heavy atom. The molecule has 0 spiro atoms. The summed E-state index contributed by atoms with van der Waals surface area (Å²) in [6, 6.07) is 4.23. The van der Waals surface area contributed by atoms with E-state index in [-0.39, 0.29) is 23.4 Å². The van der Waals surface area contributed by atoms with E-state index in [2.05, 4.69) is 31.0 Å². The lowest BCUT2D eigenvalue weighted by Gasteiger charge is -2.59. The molecule has 1 heterocycles. The average Bonchev–Trinajstić information content (AvgIpc) is 3.08. The van der Waals surface area contributed by atoms with Gasteiger partial charge < -0.3 is 9.84 Å². The molecule has 6 atom stereocenters. The molecule has 2 fully saturated rings. The SMILES string of the molecule is COC(=O)C[C@@H]1CCC2[C@H](CC[C@]3(C)C(c4cccnc4)=CC[C@@H]23)[C@@]1(C)CCO. The minimum absolute atomic E-state index is 0.00421. The van der Waals surface area contributed by atoms with Gasteiger partial charge in [0.05, 0.1) is 7.11 Å². The number of allylic oxidation sites excluding steroid dienone is 2. The topological polar surface area (TPSA) is 59.4 Å². The lowest BCUT2D eigenvalue weighted by molar-refractivity contribution is -0.147. The number of nitrogens with zero attached hydrogens (tertiary/aromatic N) is 1. The summed E-state index contributed by atoms with van der Waals surface area (Å²) in [7, 11) is 1.48. The van der Waals surface area contributed by atoms with Crippen molar-refractivity contribution in [2.24, 2.45) is 34.5 Å². The zero-order valence-corrected chi connectivity index (χ0v) is 18.1. The van der Waals surface area contributed by atoms with Crippen LogP contribution in [0.2, 0.25) is 0 Å². The molecule has 0 amide bonds. The van der Waals surface area contributed by atoms with E-state index in [1.54, 1.807) is 0 Å². The second-order valence-electron chi connectivity index (χ2n) is 9.96. The van der Waals surface area contributed by atoms with E-state index < -0.39 is 0 Å². The summed E-state index contributed by atoms with van der Waals surface area (Å²) in [4.78, 5) is 16.4. The van der Waals surface area contributed by atoms with Crippen LogP contribution in [0.5, 0.6) is 0 Å². The van der Waals surface area contributed by atoms with E-state index in [0.717, 1.165) is 19.3 Å². The number of methoxy groups -OCH3 is 1.